The van der Waals surface area contributed by atoms with Crippen LogP contribution in [0.25, 0.3) is 0 Å². The molecule has 0 saturated carbocycles. The molecule has 1 unspecified atom stereocenters. The third kappa shape index (κ3) is 8.32. The van der Waals surface area contributed by atoms with Crippen molar-refractivity contribution >= 4 is 31.7 Å². The summed E-state index contributed by atoms with van der Waals surface area (Å²) in [5.74, 6) is 0.599. The molecule has 31 heavy (non-hydrogen) atoms. The maximum atomic E-state index is 12.7. The van der Waals surface area contributed by atoms with E-state index in [2.05, 4.69) is 5.32 Å². The third-order valence-corrected chi connectivity index (χ3v) is 4.68. The molecule has 0 spiro atoms. The summed E-state index contributed by atoms with van der Waals surface area (Å²) in [4.78, 5) is 17.8. The number of alkyl halides is 3. The number of halogens is 4. The molecule has 170 valence electrons. The maximum Gasteiger partial charge on any atom is 0.491 e. The van der Waals surface area contributed by atoms with Crippen LogP contribution in [-0.4, -0.2) is 16.4 Å². The molecule has 2 aromatic rings. The SMILES string of the molecule is CCC(CC)CNc1cc(Oc2ccc(C(F)(F)F)cc2Cl)ccc1[N+](=O)[O-].O=[PH+]O. The van der Waals surface area contributed by atoms with Crippen molar-refractivity contribution in [2.75, 3.05) is 11.9 Å². The summed E-state index contributed by atoms with van der Waals surface area (Å²) in [7, 11) is -1.17. The molecular weight excluding hydrogens is 460 g/mol. The Morgan fingerprint density at radius 2 is 1.84 bits per heavy atom. The summed E-state index contributed by atoms with van der Waals surface area (Å²) in [6.07, 6.45) is -2.66. The Bertz CT molecular complexity index is 895. The zero-order valence-corrected chi connectivity index (χ0v) is 18.5. The molecule has 0 aliphatic carbocycles. The summed E-state index contributed by atoms with van der Waals surface area (Å²) in [5.41, 5.74) is -0.727. The number of benzene rings is 2. The first-order chi connectivity index (χ1) is 14.6. The van der Waals surface area contributed by atoms with E-state index in [1.54, 1.807) is 0 Å². The van der Waals surface area contributed by atoms with E-state index in [0.717, 1.165) is 31.0 Å². The average molecular weight is 482 g/mol. The van der Waals surface area contributed by atoms with E-state index < -0.39 is 25.4 Å². The lowest BCUT2D eigenvalue weighted by atomic mass is 10.0. The van der Waals surface area contributed by atoms with Crippen molar-refractivity contribution in [2.45, 2.75) is 32.9 Å². The first kappa shape index (κ1) is 26.6. The number of ether oxygens (including phenoxy) is 1. The fraction of sp³-hybridized carbons (Fsp3) is 0.368. The second-order valence-corrected chi connectivity index (χ2v) is 6.93. The highest BCUT2D eigenvalue weighted by atomic mass is 35.5. The summed E-state index contributed by atoms with van der Waals surface area (Å²) < 4.78 is 52.3. The Morgan fingerprint density at radius 3 is 2.32 bits per heavy atom. The highest BCUT2D eigenvalue weighted by molar-refractivity contribution is 7.16. The topological polar surface area (TPSA) is 102 Å². The second kappa shape index (κ2) is 12.4. The molecule has 2 aromatic carbocycles. The van der Waals surface area contributed by atoms with Crippen LogP contribution in [0, 0.1) is 16.0 Å². The van der Waals surface area contributed by atoms with Gasteiger partial charge in [0, 0.05) is 18.7 Å². The zero-order valence-electron chi connectivity index (χ0n) is 16.7. The van der Waals surface area contributed by atoms with Crippen LogP contribution in [0.4, 0.5) is 24.5 Å². The van der Waals surface area contributed by atoms with Gasteiger partial charge in [-0.25, -0.2) is 0 Å². The first-order valence-electron chi connectivity index (χ1n) is 9.15. The van der Waals surface area contributed by atoms with Crippen molar-refractivity contribution in [1.82, 2.24) is 0 Å². The van der Waals surface area contributed by atoms with Crippen LogP contribution < -0.4 is 10.1 Å². The number of nitrogens with one attached hydrogen (secondary N) is 1. The fourth-order valence-corrected chi connectivity index (χ4v) is 2.82. The largest absolute Gasteiger partial charge is 0.491 e. The van der Waals surface area contributed by atoms with Crippen molar-refractivity contribution < 1.29 is 32.3 Å². The lowest BCUT2D eigenvalue weighted by Gasteiger charge is -2.15. The van der Waals surface area contributed by atoms with Gasteiger partial charge >= 0.3 is 14.9 Å². The first-order valence-corrected chi connectivity index (χ1v) is 10.4. The molecule has 12 heteroatoms. The van der Waals surface area contributed by atoms with Crippen LogP contribution in [0.5, 0.6) is 11.5 Å². The number of rotatable bonds is 8. The fourth-order valence-electron chi connectivity index (χ4n) is 2.60. The number of nitrogens with zero attached hydrogens (tertiary/aromatic N) is 1. The highest BCUT2D eigenvalue weighted by Crippen LogP contribution is 2.38. The van der Waals surface area contributed by atoms with Crippen molar-refractivity contribution in [3.05, 3.63) is 57.1 Å². The Labute approximate surface area is 183 Å². The van der Waals surface area contributed by atoms with E-state index in [9.17, 15) is 23.3 Å². The van der Waals surface area contributed by atoms with E-state index in [1.165, 1.54) is 18.2 Å². The van der Waals surface area contributed by atoms with Crippen molar-refractivity contribution in [2.24, 2.45) is 5.92 Å². The number of nitro benzene ring substituents is 1. The molecule has 1 atom stereocenters. The lowest BCUT2D eigenvalue weighted by molar-refractivity contribution is -0.384. The smallest absolute Gasteiger partial charge is 0.456 e. The molecule has 2 N–H and O–H groups in total. The molecule has 0 aromatic heterocycles. The van der Waals surface area contributed by atoms with Crippen LogP contribution in [0.2, 0.25) is 5.02 Å². The predicted molar refractivity (Wildman–Crippen MR) is 113 cm³/mol. The minimum absolute atomic E-state index is 0.0227. The van der Waals surface area contributed by atoms with E-state index in [0.29, 0.717) is 12.5 Å². The van der Waals surface area contributed by atoms with E-state index >= 15 is 0 Å². The molecule has 0 amide bonds. The molecule has 0 heterocycles. The van der Waals surface area contributed by atoms with Gasteiger partial charge < -0.3 is 10.1 Å². The van der Waals surface area contributed by atoms with Gasteiger partial charge in [-0.2, -0.15) is 18.1 Å². The molecule has 0 radical (unpaired) electrons. The quantitative estimate of drug-likeness (QED) is 0.243. The summed E-state index contributed by atoms with van der Waals surface area (Å²) >= 11 is 5.90. The standard InChI is InChI=1S/C19H20ClF3N2O3.HO2P/c1-3-12(4-2)11-24-16-10-14(6-7-17(16)25(26)27)28-18-8-5-13(9-15(18)20)19(21,22)23;1-3-2/h5-10,12,24H,3-4,11H2,1-2H3;3H/p+1. The Morgan fingerprint density at radius 1 is 1.23 bits per heavy atom. The monoisotopic (exact) mass is 481 g/mol. The van der Waals surface area contributed by atoms with Gasteiger partial charge in [0.1, 0.15) is 17.2 Å². The minimum Gasteiger partial charge on any atom is -0.456 e. The Balaban J connectivity index is 0.00000151. The van der Waals surface area contributed by atoms with Crippen molar-refractivity contribution in [3.63, 3.8) is 0 Å². The normalized spacial score (nSPS) is 11.1. The Hall–Kier alpha value is -2.42. The van der Waals surface area contributed by atoms with Gasteiger partial charge in [-0.1, -0.05) is 38.3 Å². The molecule has 0 bridgehead atoms. The number of hydrogen-bond donors (Lipinski definition) is 2. The van der Waals surface area contributed by atoms with Gasteiger partial charge in [0.05, 0.1) is 15.5 Å². The molecule has 0 aliphatic heterocycles. The van der Waals surface area contributed by atoms with Gasteiger partial charge in [0.2, 0.25) is 0 Å². The van der Waals surface area contributed by atoms with Gasteiger partial charge in [-0.3, -0.25) is 10.1 Å². The zero-order chi connectivity index (χ0) is 23.6. The lowest BCUT2D eigenvalue weighted by Crippen LogP contribution is -2.13. The van der Waals surface area contributed by atoms with E-state index in [-0.39, 0.29) is 27.9 Å². The highest BCUT2D eigenvalue weighted by Gasteiger charge is 2.31. The molecule has 0 saturated heterocycles. The van der Waals surface area contributed by atoms with Crippen LogP contribution in [0.1, 0.15) is 32.3 Å². The van der Waals surface area contributed by atoms with Crippen LogP contribution in [0.15, 0.2) is 36.4 Å². The molecule has 0 aliphatic rings. The van der Waals surface area contributed by atoms with Gasteiger partial charge in [0.25, 0.3) is 5.69 Å². The predicted octanol–water partition coefficient (Wildman–Crippen LogP) is 6.83. The summed E-state index contributed by atoms with van der Waals surface area (Å²) in [5, 5.41) is 14.1. The Kier molecular flexibility index (Phi) is 10.7. The molecular formula is C19H22ClF3N2O5P+. The third-order valence-electron chi connectivity index (χ3n) is 4.39. The van der Waals surface area contributed by atoms with Gasteiger partial charge in [-0.05, 0) is 34.7 Å². The molecule has 0 fully saturated rings. The van der Waals surface area contributed by atoms with E-state index in [1.807, 2.05) is 13.8 Å². The summed E-state index contributed by atoms with van der Waals surface area (Å²) in [6, 6.07) is 6.84. The number of anilines is 1. The van der Waals surface area contributed by atoms with Crippen molar-refractivity contribution in [3.8, 4) is 11.5 Å². The average Bonchev–Trinajstić information content (AvgIpc) is 2.70. The van der Waals surface area contributed by atoms with Gasteiger partial charge in [-0.15, -0.1) is 0 Å². The maximum absolute atomic E-state index is 12.7. The summed E-state index contributed by atoms with van der Waals surface area (Å²) in [6.45, 7) is 4.63. The minimum atomic E-state index is -4.51. The van der Waals surface area contributed by atoms with Crippen LogP contribution >= 0.6 is 20.3 Å². The number of nitro groups is 1. The molecule has 2 rings (SSSR count). The van der Waals surface area contributed by atoms with Gasteiger partial charge in [0.15, 0.2) is 0 Å². The van der Waals surface area contributed by atoms with Crippen molar-refractivity contribution in [1.29, 1.82) is 0 Å². The number of hydrogen-bond acceptors (Lipinski definition) is 5. The van der Waals surface area contributed by atoms with E-state index in [4.69, 9.17) is 25.8 Å². The van der Waals surface area contributed by atoms with Crippen LogP contribution in [0.3, 0.4) is 0 Å². The second-order valence-electron chi connectivity index (χ2n) is 6.34. The van der Waals surface area contributed by atoms with Crippen LogP contribution in [-0.2, 0) is 10.7 Å². The molecule has 7 nitrogen and oxygen atoms in total.